The topological polar surface area (TPSA) is 43.4 Å². The maximum atomic E-state index is 10.3. The molecule has 0 aromatic rings. The molecule has 54 valence electrons. The normalized spacial score (nSPS) is 7.30. The summed E-state index contributed by atoms with van der Waals surface area (Å²) in [6, 6.07) is 0. The Morgan fingerprint density at radius 1 is 1.70 bits per heavy atom. The van der Waals surface area contributed by atoms with Crippen molar-refractivity contribution >= 4 is 12.3 Å². The van der Waals surface area contributed by atoms with Gasteiger partial charge >= 0.3 is 5.97 Å². The number of carbonyl (C=O) groups excluding carboxylic acids is 2. The number of rotatable bonds is 2. The van der Waals surface area contributed by atoms with Gasteiger partial charge in [0.25, 0.3) is 0 Å². The molecule has 0 saturated carbocycles. The van der Waals surface area contributed by atoms with Crippen LogP contribution in [0.2, 0.25) is 0 Å². The highest BCUT2D eigenvalue weighted by Gasteiger charge is 1.87. The highest BCUT2D eigenvalue weighted by atomic mass is 16.5. The third-order valence-corrected chi connectivity index (χ3v) is 0.763. The van der Waals surface area contributed by atoms with Gasteiger partial charge in [0.15, 0.2) is 0 Å². The number of carbonyl (C=O) groups is 2. The average molecular weight is 140 g/mol. The molecule has 0 bridgehead atoms. The second-order valence-electron chi connectivity index (χ2n) is 1.50. The molecule has 0 amide bonds. The lowest BCUT2D eigenvalue weighted by Gasteiger charge is -1.83. The molecule has 0 aliphatic heterocycles. The third kappa shape index (κ3) is 4.85. The molecule has 3 nitrogen and oxygen atoms in total. The molecule has 0 fully saturated rings. The molecule has 0 aliphatic carbocycles. The SMILES string of the molecule is COC(=O)C#CCCC=O. The standard InChI is InChI=1S/C7H8O3/c1-10-7(9)5-3-2-4-6-8/h6H,2,4H2,1H3. The van der Waals surface area contributed by atoms with Crippen molar-refractivity contribution in [2.75, 3.05) is 7.11 Å². The molecule has 0 spiro atoms. The summed E-state index contributed by atoms with van der Waals surface area (Å²) >= 11 is 0. The maximum Gasteiger partial charge on any atom is 0.384 e. The number of aldehydes is 1. The first-order valence-electron chi connectivity index (χ1n) is 2.81. The molecule has 3 heteroatoms. The predicted molar refractivity (Wildman–Crippen MR) is 35.1 cm³/mol. The first-order chi connectivity index (χ1) is 4.81. The van der Waals surface area contributed by atoms with Crippen LogP contribution in [0.4, 0.5) is 0 Å². The number of ether oxygens (including phenoxy) is 1. The van der Waals surface area contributed by atoms with Crippen molar-refractivity contribution < 1.29 is 14.3 Å². The van der Waals surface area contributed by atoms with Crippen LogP contribution in [0.5, 0.6) is 0 Å². The number of methoxy groups -OCH3 is 1. The summed E-state index contributed by atoms with van der Waals surface area (Å²) in [5, 5.41) is 0. The molecule has 0 heterocycles. The van der Waals surface area contributed by atoms with Crippen molar-refractivity contribution in [3.63, 3.8) is 0 Å². The van der Waals surface area contributed by atoms with E-state index in [-0.39, 0.29) is 0 Å². The van der Waals surface area contributed by atoms with E-state index in [4.69, 9.17) is 0 Å². The Hall–Kier alpha value is -1.30. The van der Waals surface area contributed by atoms with E-state index in [0.717, 1.165) is 6.29 Å². The molecule has 0 saturated heterocycles. The lowest BCUT2D eigenvalue weighted by atomic mass is 10.3. The van der Waals surface area contributed by atoms with E-state index in [1.54, 1.807) is 0 Å². The summed E-state index contributed by atoms with van der Waals surface area (Å²) in [7, 11) is 1.26. The number of esters is 1. The lowest BCUT2D eigenvalue weighted by Crippen LogP contribution is -1.94. The second kappa shape index (κ2) is 5.83. The minimum Gasteiger partial charge on any atom is -0.459 e. The van der Waals surface area contributed by atoms with Gasteiger partial charge in [0, 0.05) is 18.8 Å². The Balaban J connectivity index is 3.48. The highest BCUT2D eigenvalue weighted by molar-refractivity contribution is 5.88. The van der Waals surface area contributed by atoms with E-state index in [9.17, 15) is 9.59 Å². The van der Waals surface area contributed by atoms with Crippen LogP contribution in [-0.4, -0.2) is 19.4 Å². The van der Waals surface area contributed by atoms with Gasteiger partial charge in [-0.2, -0.15) is 0 Å². The van der Waals surface area contributed by atoms with Crippen LogP contribution in [-0.2, 0) is 14.3 Å². The molecular formula is C7H8O3. The molecular weight excluding hydrogens is 132 g/mol. The Morgan fingerprint density at radius 2 is 2.40 bits per heavy atom. The summed E-state index contributed by atoms with van der Waals surface area (Å²) in [5.41, 5.74) is 0. The van der Waals surface area contributed by atoms with Gasteiger partial charge in [0.1, 0.15) is 6.29 Å². The van der Waals surface area contributed by atoms with Crippen LogP contribution in [0.15, 0.2) is 0 Å². The number of hydrogen-bond acceptors (Lipinski definition) is 3. The van der Waals surface area contributed by atoms with Crippen molar-refractivity contribution in [2.45, 2.75) is 12.8 Å². The molecule has 0 aliphatic rings. The van der Waals surface area contributed by atoms with Gasteiger partial charge in [0.2, 0.25) is 0 Å². The van der Waals surface area contributed by atoms with Crippen LogP contribution in [0.25, 0.3) is 0 Å². The molecule has 0 N–H and O–H groups in total. The molecule has 10 heavy (non-hydrogen) atoms. The Bertz CT molecular complexity index is 173. The zero-order chi connectivity index (χ0) is 7.82. The van der Waals surface area contributed by atoms with Crippen molar-refractivity contribution in [1.29, 1.82) is 0 Å². The second-order valence-corrected chi connectivity index (χ2v) is 1.50. The van der Waals surface area contributed by atoms with Crippen molar-refractivity contribution in [2.24, 2.45) is 0 Å². The molecule has 0 rings (SSSR count). The van der Waals surface area contributed by atoms with Gasteiger partial charge in [-0.05, 0) is 0 Å². The Kier molecular flexibility index (Phi) is 5.07. The van der Waals surface area contributed by atoms with E-state index in [1.807, 2.05) is 0 Å². The Morgan fingerprint density at radius 3 is 2.90 bits per heavy atom. The minimum atomic E-state index is -0.564. The first kappa shape index (κ1) is 8.70. The molecule has 0 radical (unpaired) electrons. The first-order valence-corrected chi connectivity index (χ1v) is 2.81. The van der Waals surface area contributed by atoms with E-state index >= 15 is 0 Å². The fourth-order valence-electron chi connectivity index (χ4n) is 0.317. The fourth-order valence-corrected chi connectivity index (χ4v) is 0.317. The summed E-state index contributed by atoms with van der Waals surface area (Å²) in [5.74, 6) is 4.11. The zero-order valence-corrected chi connectivity index (χ0v) is 5.72. The molecule has 0 unspecified atom stereocenters. The molecule has 0 aromatic carbocycles. The number of unbranched alkanes of at least 4 members (excludes halogenated alkanes) is 1. The zero-order valence-electron chi connectivity index (χ0n) is 5.72. The van der Waals surface area contributed by atoms with Crippen molar-refractivity contribution in [3.05, 3.63) is 0 Å². The lowest BCUT2D eigenvalue weighted by molar-refractivity contribution is -0.133. The van der Waals surface area contributed by atoms with Gasteiger partial charge in [-0.25, -0.2) is 4.79 Å². The van der Waals surface area contributed by atoms with Gasteiger partial charge < -0.3 is 9.53 Å². The van der Waals surface area contributed by atoms with Crippen molar-refractivity contribution in [1.82, 2.24) is 0 Å². The largest absolute Gasteiger partial charge is 0.459 e. The minimum absolute atomic E-state index is 0.365. The van der Waals surface area contributed by atoms with E-state index in [0.29, 0.717) is 12.8 Å². The van der Waals surface area contributed by atoms with Crippen LogP contribution >= 0.6 is 0 Å². The van der Waals surface area contributed by atoms with Gasteiger partial charge in [0.05, 0.1) is 7.11 Å². The summed E-state index contributed by atoms with van der Waals surface area (Å²) in [4.78, 5) is 20.0. The smallest absolute Gasteiger partial charge is 0.384 e. The van der Waals surface area contributed by atoms with Gasteiger partial charge in [-0.3, -0.25) is 0 Å². The van der Waals surface area contributed by atoms with Crippen LogP contribution < -0.4 is 0 Å². The average Bonchev–Trinajstić information content (AvgIpc) is 1.98. The molecule has 0 aromatic heterocycles. The molecule has 0 atom stereocenters. The summed E-state index contributed by atoms with van der Waals surface area (Å²) in [6.07, 6.45) is 1.54. The van der Waals surface area contributed by atoms with E-state index in [2.05, 4.69) is 16.6 Å². The highest BCUT2D eigenvalue weighted by Crippen LogP contribution is 1.79. The summed E-state index contributed by atoms with van der Waals surface area (Å²) in [6.45, 7) is 0. The van der Waals surface area contributed by atoms with Crippen LogP contribution in [0, 0.1) is 11.8 Å². The Labute approximate surface area is 59.4 Å². The number of hydrogen-bond donors (Lipinski definition) is 0. The monoisotopic (exact) mass is 140 g/mol. The predicted octanol–water partition coefficient (Wildman–Crippen LogP) is 0.142. The van der Waals surface area contributed by atoms with Crippen LogP contribution in [0.3, 0.4) is 0 Å². The van der Waals surface area contributed by atoms with Gasteiger partial charge in [-0.1, -0.05) is 5.92 Å². The fraction of sp³-hybridized carbons (Fsp3) is 0.429. The van der Waals surface area contributed by atoms with E-state index < -0.39 is 5.97 Å². The van der Waals surface area contributed by atoms with Crippen LogP contribution in [0.1, 0.15) is 12.8 Å². The van der Waals surface area contributed by atoms with Crippen molar-refractivity contribution in [3.8, 4) is 11.8 Å². The quantitative estimate of drug-likeness (QED) is 0.180. The van der Waals surface area contributed by atoms with Gasteiger partial charge in [-0.15, -0.1) is 0 Å². The van der Waals surface area contributed by atoms with E-state index in [1.165, 1.54) is 7.11 Å². The maximum absolute atomic E-state index is 10.3. The summed E-state index contributed by atoms with van der Waals surface area (Å²) < 4.78 is 4.23. The third-order valence-electron chi connectivity index (χ3n) is 0.763.